The quantitative estimate of drug-likeness (QED) is 0.379. The summed E-state index contributed by atoms with van der Waals surface area (Å²) in [5, 5.41) is 9.54. The lowest BCUT2D eigenvalue weighted by atomic mass is 9.87. The van der Waals surface area contributed by atoms with Gasteiger partial charge in [-0.15, -0.1) is 10.2 Å². The molecule has 0 radical (unpaired) electrons. The maximum Gasteiger partial charge on any atom is 0.316 e. The number of rotatable bonds is 7. The molecule has 5 nitrogen and oxygen atoms in total. The Morgan fingerprint density at radius 1 is 1.03 bits per heavy atom. The van der Waals surface area contributed by atoms with E-state index in [-0.39, 0.29) is 23.2 Å². The molecule has 0 amide bonds. The second kappa shape index (κ2) is 9.47. The topological polar surface area (TPSA) is 57.0 Å². The molecule has 0 unspecified atom stereocenters. The van der Waals surface area contributed by atoms with E-state index in [9.17, 15) is 4.79 Å². The molecule has 0 aliphatic carbocycles. The van der Waals surface area contributed by atoms with Gasteiger partial charge >= 0.3 is 5.97 Å². The van der Waals surface area contributed by atoms with Crippen LogP contribution in [-0.2, 0) is 21.5 Å². The van der Waals surface area contributed by atoms with Crippen LogP contribution in [0.1, 0.15) is 45.7 Å². The summed E-state index contributed by atoms with van der Waals surface area (Å²) in [6.07, 6.45) is -0.128. The number of hydrogen-bond acceptors (Lipinski definition) is 5. The van der Waals surface area contributed by atoms with Crippen molar-refractivity contribution in [2.45, 2.75) is 57.8 Å². The minimum absolute atomic E-state index is 0.0913. The van der Waals surface area contributed by atoms with Gasteiger partial charge in [0.2, 0.25) is 0 Å². The highest BCUT2D eigenvalue weighted by atomic mass is 32.2. The van der Waals surface area contributed by atoms with Crippen molar-refractivity contribution in [2.75, 3.05) is 5.75 Å². The molecule has 3 aromatic rings. The zero-order valence-electron chi connectivity index (χ0n) is 18.3. The Hall–Kier alpha value is -2.60. The highest BCUT2D eigenvalue weighted by Crippen LogP contribution is 2.28. The molecule has 6 heteroatoms. The number of carbonyl (C=O) groups is 1. The lowest BCUT2D eigenvalue weighted by Crippen LogP contribution is -2.14. The van der Waals surface area contributed by atoms with Crippen molar-refractivity contribution < 1.29 is 9.53 Å². The summed E-state index contributed by atoms with van der Waals surface area (Å²) in [5.41, 5.74) is 3.51. The molecular formula is C24H29N3O2S. The molecule has 0 saturated heterocycles. The predicted octanol–water partition coefficient (Wildman–Crippen LogP) is 5.33. The van der Waals surface area contributed by atoms with Gasteiger partial charge in [-0.2, -0.15) is 0 Å². The summed E-state index contributed by atoms with van der Waals surface area (Å²) >= 11 is 1.35. The number of nitrogens with zero attached hydrogens (tertiary/aromatic N) is 3. The van der Waals surface area contributed by atoms with Gasteiger partial charge in [0.25, 0.3) is 0 Å². The monoisotopic (exact) mass is 423 g/mol. The third-order valence-electron chi connectivity index (χ3n) is 4.60. The second-order valence-electron chi connectivity index (χ2n) is 8.53. The Bertz CT molecular complexity index is 974. The van der Waals surface area contributed by atoms with Crippen LogP contribution in [0.5, 0.6) is 0 Å². The van der Waals surface area contributed by atoms with Crippen molar-refractivity contribution in [3.8, 4) is 11.4 Å². The van der Waals surface area contributed by atoms with Crippen LogP contribution in [0.25, 0.3) is 11.4 Å². The van der Waals surface area contributed by atoms with Crippen LogP contribution in [0.2, 0.25) is 0 Å². The first-order valence-corrected chi connectivity index (χ1v) is 11.1. The first kappa shape index (κ1) is 22.1. The molecule has 1 aromatic heterocycles. The summed E-state index contributed by atoms with van der Waals surface area (Å²) in [4.78, 5) is 12.0. The van der Waals surface area contributed by atoms with Crippen LogP contribution in [0, 0.1) is 0 Å². The molecule has 0 aliphatic rings. The minimum Gasteiger partial charge on any atom is -0.462 e. The van der Waals surface area contributed by atoms with Gasteiger partial charge in [-0.1, -0.05) is 87.1 Å². The fourth-order valence-electron chi connectivity index (χ4n) is 3.06. The minimum atomic E-state index is -0.250. The highest BCUT2D eigenvalue weighted by Gasteiger charge is 2.18. The molecule has 3 rings (SSSR count). The van der Waals surface area contributed by atoms with Crippen LogP contribution in [0.15, 0.2) is 59.8 Å². The van der Waals surface area contributed by atoms with Crippen LogP contribution < -0.4 is 0 Å². The van der Waals surface area contributed by atoms with Gasteiger partial charge in [-0.05, 0) is 30.4 Å². The van der Waals surface area contributed by atoms with Crippen molar-refractivity contribution in [1.29, 1.82) is 0 Å². The van der Waals surface area contributed by atoms with Gasteiger partial charge in [0.15, 0.2) is 11.0 Å². The zero-order chi connectivity index (χ0) is 21.7. The molecule has 0 spiro atoms. The summed E-state index contributed by atoms with van der Waals surface area (Å²) in [5.74, 6) is 0.744. The maximum atomic E-state index is 12.0. The second-order valence-corrected chi connectivity index (χ2v) is 9.48. The fraction of sp³-hybridized carbons (Fsp3) is 0.375. The Labute approximate surface area is 182 Å². The first-order chi connectivity index (χ1) is 14.2. The number of benzene rings is 2. The van der Waals surface area contributed by atoms with Gasteiger partial charge < -0.3 is 4.74 Å². The smallest absolute Gasteiger partial charge is 0.316 e. The number of hydrogen-bond donors (Lipinski definition) is 0. The maximum absolute atomic E-state index is 12.0. The largest absolute Gasteiger partial charge is 0.462 e. The van der Waals surface area contributed by atoms with Gasteiger partial charge in [0, 0.05) is 5.56 Å². The van der Waals surface area contributed by atoms with E-state index in [1.165, 1.54) is 17.3 Å². The van der Waals surface area contributed by atoms with E-state index in [4.69, 9.17) is 4.74 Å². The van der Waals surface area contributed by atoms with Crippen LogP contribution in [0.4, 0.5) is 0 Å². The molecule has 158 valence electrons. The van der Waals surface area contributed by atoms with Crippen LogP contribution in [-0.4, -0.2) is 32.6 Å². The van der Waals surface area contributed by atoms with E-state index in [0.717, 1.165) is 17.0 Å². The van der Waals surface area contributed by atoms with Crippen LogP contribution in [0.3, 0.4) is 0 Å². The average molecular weight is 424 g/mol. The van der Waals surface area contributed by atoms with Crippen molar-refractivity contribution in [2.24, 2.45) is 0 Å². The van der Waals surface area contributed by atoms with Crippen molar-refractivity contribution in [3.05, 3.63) is 65.7 Å². The molecule has 1 heterocycles. The molecule has 0 fully saturated rings. The van der Waals surface area contributed by atoms with E-state index in [2.05, 4.69) is 71.9 Å². The normalized spacial score (nSPS) is 11.7. The van der Waals surface area contributed by atoms with E-state index in [0.29, 0.717) is 11.7 Å². The van der Waals surface area contributed by atoms with E-state index in [1.54, 1.807) is 0 Å². The van der Waals surface area contributed by atoms with Crippen molar-refractivity contribution >= 4 is 17.7 Å². The summed E-state index contributed by atoms with van der Waals surface area (Å²) < 4.78 is 7.31. The first-order valence-electron chi connectivity index (χ1n) is 10.1. The molecule has 0 aliphatic heterocycles. The molecule has 0 atom stereocenters. The third kappa shape index (κ3) is 5.72. The standard InChI is InChI=1S/C24H29N3O2S/c1-17(2)29-21(28)16-30-23-26-25-22(27(23)15-18-9-7-6-8-10-18)19-11-13-20(14-12-19)24(3,4)5/h6-14,17H,15-16H2,1-5H3. The lowest BCUT2D eigenvalue weighted by Gasteiger charge is -2.19. The highest BCUT2D eigenvalue weighted by molar-refractivity contribution is 7.99. The van der Waals surface area contributed by atoms with E-state index in [1.807, 2.05) is 32.0 Å². The van der Waals surface area contributed by atoms with Crippen LogP contribution >= 0.6 is 11.8 Å². The number of carbonyl (C=O) groups excluding carboxylic acids is 1. The third-order valence-corrected chi connectivity index (χ3v) is 5.54. The van der Waals surface area contributed by atoms with Gasteiger partial charge in [0.1, 0.15) is 0 Å². The lowest BCUT2D eigenvalue weighted by molar-refractivity contribution is -0.144. The Balaban J connectivity index is 1.90. The molecule has 0 N–H and O–H groups in total. The summed E-state index contributed by atoms with van der Waals surface area (Å²) in [7, 11) is 0. The number of aromatic nitrogens is 3. The van der Waals surface area contributed by atoms with E-state index >= 15 is 0 Å². The van der Waals surface area contributed by atoms with Crippen molar-refractivity contribution in [3.63, 3.8) is 0 Å². The van der Waals surface area contributed by atoms with Crippen molar-refractivity contribution in [1.82, 2.24) is 14.8 Å². The molecule has 30 heavy (non-hydrogen) atoms. The zero-order valence-corrected chi connectivity index (χ0v) is 19.1. The number of thioether (sulfide) groups is 1. The number of esters is 1. The molecule has 2 aromatic carbocycles. The predicted molar refractivity (Wildman–Crippen MR) is 122 cm³/mol. The van der Waals surface area contributed by atoms with Gasteiger partial charge in [-0.25, -0.2) is 0 Å². The summed E-state index contributed by atoms with van der Waals surface area (Å²) in [6, 6.07) is 18.7. The van der Waals surface area contributed by atoms with E-state index < -0.39 is 0 Å². The average Bonchev–Trinajstić information content (AvgIpc) is 3.08. The molecule has 0 bridgehead atoms. The number of ether oxygens (including phenoxy) is 1. The Kier molecular flexibility index (Phi) is 6.98. The van der Waals surface area contributed by atoms with Gasteiger partial charge in [0.05, 0.1) is 18.4 Å². The fourth-order valence-corrected chi connectivity index (χ4v) is 3.78. The Morgan fingerprint density at radius 2 is 1.70 bits per heavy atom. The molecular weight excluding hydrogens is 394 g/mol. The van der Waals surface area contributed by atoms with Gasteiger partial charge in [-0.3, -0.25) is 9.36 Å². The summed E-state index contributed by atoms with van der Waals surface area (Å²) in [6.45, 7) is 10.9. The Morgan fingerprint density at radius 3 is 2.30 bits per heavy atom. The molecule has 0 saturated carbocycles. The SMILES string of the molecule is CC(C)OC(=O)CSc1nnc(-c2ccc(C(C)(C)C)cc2)n1Cc1ccccc1.